The van der Waals surface area contributed by atoms with Gasteiger partial charge in [0, 0.05) is 11.6 Å². The Kier molecular flexibility index (Phi) is 8.33. The first-order chi connectivity index (χ1) is 14.2. The van der Waals surface area contributed by atoms with E-state index < -0.39 is 22.0 Å². The molecule has 0 heterocycles. The second kappa shape index (κ2) is 10.5. The van der Waals surface area contributed by atoms with Gasteiger partial charge in [-0.2, -0.15) is 4.72 Å². The Hall–Kier alpha value is -2.49. The number of rotatable bonds is 10. The fourth-order valence-corrected chi connectivity index (χ4v) is 4.26. The summed E-state index contributed by atoms with van der Waals surface area (Å²) in [6, 6.07) is 8.49. The van der Waals surface area contributed by atoms with Crippen molar-refractivity contribution >= 4 is 27.5 Å². The molecule has 0 radical (unpaired) electrons. The van der Waals surface area contributed by atoms with E-state index >= 15 is 0 Å². The molecule has 1 atom stereocenters. The van der Waals surface area contributed by atoms with Crippen molar-refractivity contribution in [3.8, 4) is 17.2 Å². The van der Waals surface area contributed by atoms with Crippen LogP contribution in [0.15, 0.2) is 41.3 Å². The molecule has 30 heavy (non-hydrogen) atoms. The Morgan fingerprint density at radius 2 is 1.73 bits per heavy atom. The van der Waals surface area contributed by atoms with Gasteiger partial charge in [-0.05, 0) is 49.7 Å². The second-order valence-corrected chi connectivity index (χ2v) is 8.39. The summed E-state index contributed by atoms with van der Waals surface area (Å²) in [7, 11) is -0.990. The molecule has 0 fully saturated rings. The lowest BCUT2D eigenvalue weighted by Gasteiger charge is -2.17. The van der Waals surface area contributed by atoms with E-state index in [2.05, 4.69) is 10.0 Å². The van der Waals surface area contributed by atoms with E-state index in [-0.39, 0.29) is 28.8 Å². The number of carbonyl (C=O) groups is 1. The summed E-state index contributed by atoms with van der Waals surface area (Å²) in [6.07, 6.45) is 0. The normalized spacial score (nSPS) is 12.2. The van der Waals surface area contributed by atoms with Gasteiger partial charge in [-0.15, -0.1) is 0 Å². The van der Waals surface area contributed by atoms with E-state index in [4.69, 9.17) is 25.8 Å². The number of halogens is 1. The predicted molar refractivity (Wildman–Crippen MR) is 114 cm³/mol. The minimum absolute atomic E-state index is 0.128. The number of benzene rings is 2. The van der Waals surface area contributed by atoms with Gasteiger partial charge >= 0.3 is 0 Å². The van der Waals surface area contributed by atoms with Crippen molar-refractivity contribution in [2.75, 3.05) is 20.8 Å². The van der Waals surface area contributed by atoms with E-state index in [0.717, 1.165) is 5.56 Å². The molecule has 0 aromatic heterocycles. The highest BCUT2D eigenvalue weighted by atomic mass is 35.5. The lowest BCUT2D eigenvalue weighted by molar-refractivity contribution is -0.122. The Balaban J connectivity index is 2.07. The number of hydrogen-bond donors (Lipinski definition) is 2. The molecular weight excluding hydrogens is 432 g/mol. The van der Waals surface area contributed by atoms with Crippen molar-refractivity contribution in [3.05, 3.63) is 47.0 Å². The highest BCUT2D eigenvalue weighted by molar-refractivity contribution is 7.89. The third-order valence-corrected chi connectivity index (χ3v) is 5.93. The fraction of sp³-hybridized carbons (Fsp3) is 0.350. The summed E-state index contributed by atoms with van der Waals surface area (Å²) in [4.78, 5) is 12.3. The van der Waals surface area contributed by atoms with Gasteiger partial charge in [-0.1, -0.05) is 17.7 Å². The van der Waals surface area contributed by atoms with E-state index in [1.54, 1.807) is 25.1 Å². The average Bonchev–Trinajstić information content (AvgIpc) is 2.72. The van der Waals surface area contributed by atoms with Crippen LogP contribution < -0.4 is 24.2 Å². The van der Waals surface area contributed by atoms with Crippen LogP contribution in [0.2, 0.25) is 5.02 Å². The molecule has 0 saturated carbocycles. The van der Waals surface area contributed by atoms with Crippen LogP contribution >= 0.6 is 11.6 Å². The molecule has 164 valence electrons. The Morgan fingerprint density at radius 1 is 1.07 bits per heavy atom. The van der Waals surface area contributed by atoms with Gasteiger partial charge in [0.2, 0.25) is 15.9 Å². The van der Waals surface area contributed by atoms with Gasteiger partial charge in [0.25, 0.3) is 0 Å². The van der Waals surface area contributed by atoms with Crippen LogP contribution in [0.1, 0.15) is 19.4 Å². The van der Waals surface area contributed by atoms with E-state index in [1.165, 1.54) is 39.3 Å². The van der Waals surface area contributed by atoms with E-state index in [0.29, 0.717) is 11.5 Å². The first kappa shape index (κ1) is 23.8. The molecule has 2 N–H and O–H groups in total. The highest BCUT2D eigenvalue weighted by Crippen LogP contribution is 2.28. The highest BCUT2D eigenvalue weighted by Gasteiger charge is 2.25. The van der Waals surface area contributed by atoms with Crippen LogP contribution in [-0.2, 0) is 21.4 Å². The number of methoxy groups -OCH3 is 2. The maximum absolute atomic E-state index is 12.8. The van der Waals surface area contributed by atoms with Crippen molar-refractivity contribution in [2.24, 2.45) is 0 Å². The van der Waals surface area contributed by atoms with Crippen LogP contribution in [0.3, 0.4) is 0 Å². The number of nitrogens with one attached hydrogen (secondary N) is 2. The van der Waals surface area contributed by atoms with Gasteiger partial charge in [-0.25, -0.2) is 8.42 Å². The number of amides is 1. The molecule has 0 aliphatic heterocycles. The smallest absolute Gasteiger partial charge is 0.245 e. The fourth-order valence-electron chi connectivity index (χ4n) is 2.65. The largest absolute Gasteiger partial charge is 0.493 e. The molecule has 1 amide bonds. The van der Waals surface area contributed by atoms with Gasteiger partial charge in [-0.3, -0.25) is 4.79 Å². The van der Waals surface area contributed by atoms with Gasteiger partial charge < -0.3 is 19.5 Å². The molecule has 0 spiro atoms. The van der Waals surface area contributed by atoms with Crippen LogP contribution in [0.5, 0.6) is 17.2 Å². The lowest BCUT2D eigenvalue weighted by atomic mass is 10.2. The zero-order valence-corrected chi connectivity index (χ0v) is 18.8. The Morgan fingerprint density at radius 3 is 2.37 bits per heavy atom. The van der Waals surface area contributed by atoms with Crippen molar-refractivity contribution in [2.45, 2.75) is 31.3 Å². The van der Waals surface area contributed by atoms with Crippen LogP contribution in [-0.4, -0.2) is 41.2 Å². The third kappa shape index (κ3) is 6.01. The molecule has 2 aromatic carbocycles. The zero-order valence-electron chi connectivity index (χ0n) is 17.2. The molecule has 10 heteroatoms. The van der Waals surface area contributed by atoms with Crippen LogP contribution in [0.4, 0.5) is 0 Å². The molecule has 2 rings (SSSR count). The van der Waals surface area contributed by atoms with Gasteiger partial charge in [0.05, 0.1) is 26.9 Å². The van der Waals surface area contributed by atoms with Crippen molar-refractivity contribution in [3.63, 3.8) is 0 Å². The minimum atomic E-state index is -4.04. The molecule has 1 unspecified atom stereocenters. The standard InChI is InChI=1S/C20H25ClN2O6S/c1-5-29-17-9-7-15(21)11-19(17)30(25,26)23-13(2)20(24)22-12-14-6-8-16(27-3)18(10-14)28-4/h6-11,13,23H,5,12H2,1-4H3,(H,22,24). The number of carbonyl (C=O) groups excluding carboxylic acids is 1. The molecule has 0 saturated heterocycles. The maximum atomic E-state index is 12.8. The predicted octanol–water partition coefficient (Wildman–Crippen LogP) is 2.74. The Bertz CT molecular complexity index is 997. The molecule has 0 aliphatic rings. The molecule has 2 aromatic rings. The van der Waals surface area contributed by atoms with Gasteiger partial charge in [0.15, 0.2) is 11.5 Å². The van der Waals surface area contributed by atoms with Crippen molar-refractivity contribution in [1.82, 2.24) is 10.0 Å². The topological polar surface area (TPSA) is 103 Å². The maximum Gasteiger partial charge on any atom is 0.245 e. The molecule has 0 bridgehead atoms. The van der Waals surface area contributed by atoms with Gasteiger partial charge in [0.1, 0.15) is 10.6 Å². The third-order valence-electron chi connectivity index (χ3n) is 4.14. The lowest BCUT2D eigenvalue weighted by Crippen LogP contribution is -2.44. The zero-order chi connectivity index (χ0) is 22.3. The monoisotopic (exact) mass is 456 g/mol. The molecular formula is C20H25ClN2O6S. The summed E-state index contributed by atoms with van der Waals surface area (Å²) in [6.45, 7) is 3.66. The first-order valence-corrected chi connectivity index (χ1v) is 11.0. The van der Waals surface area contributed by atoms with Crippen LogP contribution in [0.25, 0.3) is 0 Å². The number of ether oxygens (including phenoxy) is 3. The summed E-state index contributed by atoms with van der Waals surface area (Å²) >= 11 is 5.94. The molecule has 8 nitrogen and oxygen atoms in total. The minimum Gasteiger partial charge on any atom is -0.493 e. The number of sulfonamides is 1. The summed E-state index contributed by atoms with van der Waals surface area (Å²) < 4.78 is 43.7. The van der Waals surface area contributed by atoms with E-state index in [9.17, 15) is 13.2 Å². The van der Waals surface area contributed by atoms with Crippen molar-refractivity contribution in [1.29, 1.82) is 0 Å². The number of hydrogen-bond acceptors (Lipinski definition) is 6. The van der Waals surface area contributed by atoms with Crippen molar-refractivity contribution < 1.29 is 27.4 Å². The second-order valence-electron chi connectivity index (χ2n) is 6.27. The summed E-state index contributed by atoms with van der Waals surface area (Å²) in [5.41, 5.74) is 0.768. The summed E-state index contributed by atoms with van der Waals surface area (Å²) in [5.74, 6) is 0.767. The average molecular weight is 457 g/mol. The molecule has 0 aliphatic carbocycles. The summed E-state index contributed by atoms with van der Waals surface area (Å²) in [5, 5.41) is 2.93. The SMILES string of the molecule is CCOc1ccc(Cl)cc1S(=O)(=O)NC(C)C(=O)NCc1ccc(OC)c(OC)c1. The first-order valence-electron chi connectivity index (χ1n) is 9.15. The van der Waals surface area contributed by atoms with Crippen LogP contribution in [0, 0.1) is 0 Å². The quantitative estimate of drug-likeness (QED) is 0.569. The Labute approximate surface area is 181 Å². The van der Waals surface area contributed by atoms with E-state index in [1.807, 2.05) is 0 Å².